The SMILES string of the molecule is CC(C)(C)[C@H](N)C(=O)N1C[C@@H](CN)[C@H](c2ccccc2)C1. The highest BCUT2D eigenvalue weighted by Crippen LogP contribution is 2.33. The molecular formula is C17H27N3O. The highest BCUT2D eigenvalue weighted by Gasteiger charge is 2.39. The third kappa shape index (κ3) is 3.44. The van der Waals surface area contributed by atoms with Crippen molar-refractivity contribution in [3.05, 3.63) is 35.9 Å². The van der Waals surface area contributed by atoms with Crippen molar-refractivity contribution < 1.29 is 4.79 Å². The van der Waals surface area contributed by atoms with E-state index in [0.29, 0.717) is 31.5 Å². The van der Waals surface area contributed by atoms with Crippen molar-refractivity contribution in [2.24, 2.45) is 22.8 Å². The van der Waals surface area contributed by atoms with Crippen LogP contribution in [-0.4, -0.2) is 36.5 Å². The third-order valence-electron chi connectivity index (χ3n) is 4.48. The predicted molar refractivity (Wildman–Crippen MR) is 85.7 cm³/mol. The smallest absolute Gasteiger partial charge is 0.240 e. The van der Waals surface area contributed by atoms with Crippen LogP contribution < -0.4 is 11.5 Å². The van der Waals surface area contributed by atoms with Gasteiger partial charge in [0, 0.05) is 19.0 Å². The molecule has 0 spiro atoms. The molecule has 0 aliphatic carbocycles. The molecule has 0 aromatic heterocycles. The van der Waals surface area contributed by atoms with Gasteiger partial charge in [0.15, 0.2) is 0 Å². The third-order valence-corrected chi connectivity index (χ3v) is 4.48. The Morgan fingerprint density at radius 1 is 1.29 bits per heavy atom. The van der Waals surface area contributed by atoms with E-state index in [1.165, 1.54) is 5.56 Å². The first-order valence-corrected chi connectivity index (χ1v) is 7.64. The van der Waals surface area contributed by atoms with Crippen LogP contribution in [-0.2, 0) is 4.79 Å². The summed E-state index contributed by atoms with van der Waals surface area (Å²) in [5.41, 5.74) is 13.1. The zero-order valence-corrected chi connectivity index (χ0v) is 13.3. The second-order valence-corrected chi connectivity index (χ2v) is 7.10. The van der Waals surface area contributed by atoms with Crippen LogP contribution in [0.4, 0.5) is 0 Å². The van der Waals surface area contributed by atoms with Crippen molar-refractivity contribution in [2.45, 2.75) is 32.7 Å². The fourth-order valence-electron chi connectivity index (χ4n) is 2.94. The minimum absolute atomic E-state index is 0.0411. The molecule has 1 aliphatic heterocycles. The zero-order chi connectivity index (χ0) is 15.6. The van der Waals surface area contributed by atoms with Crippen molar-refractivity contribution in [1.29, 1.82) is 0 Å². The quantitative estimate of drug-likeness (QED) is 0.887. The standard InChI is InChI=1S/C17H27N3O/c1-17(2,3)15(19)16(21)20-10-13(9-18)14(11-20)12-7-5-4-6-8-12/h4-8,13-15H,9-11,18-19H2,1-3H3/t13-,14+,15-/m1/s1. The fourth-order valence-corrected chi connectivity index (χ4v) is 2.94. The Morgan fingerprint density at radius 2 is 1.90 bits per heavy atom. The second-order valence-electron chi connectivity index (χ2n) is 7.10. The molecule has 0 bridgehead atoms. The molecule has 1 aliphatic rings. The molecule has 1 amide bonds. The number of nitrogens with zero attached hydrogens (tertiary/aromatic N) is 1. The lowest BCUT2D eigenvalue weighted by molar-refractivity contribution is -0.134. The lowest BCUT2D eigenvalue weighted by Crippen LogP contribution is -2.49. The van der Waals surface area contributed by atoms with Crippen molar-refractivity contribution in [2.75, 3.05) is 19.6 Å². The topological polar surface area (TPSA) is 72.4 Å². The van der Waals surface area contributed by atoms with Gasteiger partial charge in [0.1, 0.15) is 0 Å². The van der Waals surface area contributed by atoms with Crippen LogP contribution in [0.5, 0.6) is 0 Å². The molecule has 3 atom stereocenters. The van der Waals surface area contributed by atoms with Gasteiger partial charge in [0.05, 0.1) is 6.04 Å². The molecule has 21 heavy (non-hydrogen) atoms. The Balaban J connectivity index is 2.14. The van der Waals surface area contributed by atoms with E-state index in [0.717, 1.165) is 0 Å². The highest BCUT2D eigenvalue weighted by atomic mass is 16.2. The summed E-state index contributed by atoms with van der Waals surface area (Å²) in [5.74, 6) is 0.662. The van der Waals surface area contributed by atoms with Crippen LogP contribution in [0.15, 0.2) is 30.3 Å². The van der Waals surface area contributed by atoms with Crippen LogP contribution in [0.25, 0.3) is 0 Å². The number of carbonyl (C=O) groups excluding carboxylic acids is 1. The first-order chi connectivity index (χ1) is 9.84. The summed E-state index contributed by atoms with van der Waals surface area (Å²) in [6, 6.07) is 9.85. The summed E-state index contributed by atoms with van der Waals surface area (Å²) in [5, 5.41) is 0. The number of nitrogens with two attached hydrogens (primary N) is 2. The molecule has 2 rings (SSSR count). The van der Waals surface area contributed by atoms with E-state index >= 15 is 0 Å². The molecule has 1 aromatic carbocycles. The predicted octanol–water partition coefficient (Wildman–Crippen LogP) is 1.56. The normalized spacial score (nSPS) is 24.1. The molecule has 0 unspecified atom stereocenters. The van der Waals surface area contributed by atoms with Crippen LogP contribution in [0.3, 0.4) is 0 Å². The van der Waals surface area contributed by atoms with Gasteiger partial charge in [0.25, 0.3) is 0 Å². The van der Waals surface area contributed by atoms with Crippen molar-refractivity contribution in [3.63, 3.8) is 0 Å². The average Bonchev–Trinajstić information content (AvgIpc) is 2.90. The van der Waals surface area contributed by atoms with E-state index in [-0.39, 0.29) is 11.3 Å². The zero-order valence-electron chi connectivity index (χ0n) is 13.3. The monoisotopic (exact) mass is 289 g/mol. The molecule has 4 nitrogen and oxygen atoms in total. The van der Waals surface area contributed by atoms with Crippen LogP contribution in [0, 0.1) is 11.3 Å². The highest BCUT2D eigenvalue weighted by molar-refractivity contribution is 5.82. The van der Waals surface area contributed by atoms with Gasteiger partial charge in [-0.3, -0.25) is 4.79 Å². The molecule has 4 N–H and O–H groups in total. The van der Waals surface area contributed by atoms with Crippen molar-refractivity contribution >= 4 is 5.91 Å². The molecule has 1 saturated heterocycles. The minimum Gasteiger partial charge on any atom is -0.340 e. The number of hydrogen-bond acceptors (Lipinski definition) is 3. The number of carbonyl (C=O) groups is 1. The van der Waals surface area contributed by atoms with Gasteiger partial charge in [-0.25, -0.2) is 0 Å². The van der Waals surface area contributed by atoms with E-state index in [1.54, 1.807) is 0 Å². The van der Waals surface area contributed by atoms with Crippen LogP contribution >= 0.6 is 0 Å². The Kier molecular flexibility index (Phi) is 4.69. The van der Waals surface area contributed by atoms with Crippen molar-refractivity contribution in [1.82, 2.24) is 4.90 Å². The first kappa shape index (κ1) is 16.0. The summed E-state index contributed by atoms with van der Waals surface area (Å²) >= 11 is 0. The molecule has 0 radical (unpaired) electrons. The lowest BCUT2D eigenvalue weighted by Gasteiger charge is -2.30. The van der Waals surface area contributed by atoms with E-state index in [1.807, 2.05) is 43.9 Å². The molecule has 1 heterocycles. The van der Waals surface area contributed by atoms with E-state index in [4.69, 9.17) is 11.5 Å². The summed E-state index contributed by atoms with van der Waals surface area (Å²) < 4.78 is 0. The largest absolute Gasteiger partial charge is 0.340 e. The maximum absolute atomic E-state index is 12.6. The summed E-state index contributed by atoms with van der Waals surface area (Å²) in [6.07, 6.45) is 0. The minimum atomic E-state index is -0.467. The molecule has 1 fully saturated rings. The summed E-state index contributed by atoms with van der Waals surface area (Å²) in [4.78, 5) is 14.5. The Hall–Kier alpha value is -1.39. The number of amides is 1. The number of hydrogen-bond donors (Lipinski definition) is 2. The first-order valence-electron chi connectivity index (χ1n) is 7.64. The van der Waals surface area contributed by atoms with Gasteiger partial charge in [-0.15, -0.1) is 0 Å². The Bertz CT molecular complexity index is 481. The number of benzene rings is 1. The van der Waals surface area contributed by atoms with Gasteiger partial charge < -0.3 is 16.4 Å². The van der Waals surface area contributed by atoms with Gasteiger partial charge >= 0.3 is 0 Å². The van der Waals surface area contributed by atoms with E-state index in [2.05, 4.69) is 12.1 Å². The lowest BCUT2D eigenvalue weighted by atomic mass is 9.86. The Morgan fingerprint density at radius 3 is 2.43 bits per heavy atom. The van der Waals surface area contributed by atoms with E-state index < -0.39 is 6.04 Å². The number of rotatable bonds is 3. The summed E-state index contributed by atoms with van der Waals surface area (Å²) in [7, 11) is 0. The fraction of sp³-hybridized carbons (Fsp3) is 0.588. The van der Waals surface area contributed by atoms with Crippen LogP contribution in [0.1, 0.15) is 32.3 Å². The van der Waals surface area contributed by atoms with Gasteiger partial charge in [-0.05, 0) is 23.4 Å². The Labute approximate surface area is 127 Å². The summed E-state index contributed by atoms with van der Waals surface area (Å²) in [6.45, 7) is 8.02. The number of likely N-dealkylation sites (tertiary alicyclic amines) is 1. The molecular weight excluding hydrogens is 262 g/mol. The van der Waals surface area contributed by atoms with Gasteiger partial charge in [-0.1, -0.05) is 51.1 Å². The second kappa shape index (κ2) is 6.16. The molecule has 1 aromatic rings. The maximum Gasteiger partial charge on any atom is 0.240 e. The maximum atomic E-state index is 12.6. The van der Waals surface area contributed by atoms with E-state index in [9.17, 15) is 4.79 Å². The van der Waals surface area contributed by atoms with Crippen LogP contribution in [0.2, 0.25) is 0 Å². The average molecular weight is 289 g/mol. The molecule has 116 valence electrons. The van der Waals surface area contributed by atoms with Gasteiger partial charge in [-0.2, -0.15) is 0 Å². The van der Waals surface area contributed by atoms with Crippen molar-refractivity contribution in [3.8, 4) is 0 Å². The molecule has 0 saturated carbocycles. The van der Waals surface area contributed by atoms with Gasteiger partial charge in [0.2, 0.25) is 5.91 Å². The molecule has 4 heteroatoms.